The summed E-state index contributed by atoms with van der Waals surface area (Å²) in [5.41, 5.74) is 0.695. The molecule has 0 radical (unpaired) electrons. The van der Waals surface area contributed by atoms with Gasteiger partial charge < -0.3 is 14.8 Å². The van der Waals surface area contributed by atoms with Crippen molar-refractivity contribution in [3.8, 4) is 10.9 Å². The van der Waals surface area contributed by atoms with Gasteiger partial charge in [0.05, 0.1) is 19.8 Å². The molecule has 1 aliphatic rings. The van der Waals surface area contributed by atoms with Gasteiger partial charge in [0.2, 0.25) is 5.13 Å². The fraction of sp³-hybridized carbons (Fsp3) is 0.400. The van der Waals surface area contributed by atoms with Crippen LogP contribution in [0.1, 0.15) is 24.8 Å². The van der Waals surface area contributed by atoms with E-state index in [-0.39, 0.29) is 11.6 Å². The normalized spacial score (nSPS) is 15.4. The summed E-state index contributed by atoms with van der Waals surface area (Å²) in [6.07, 6.45) is 2.87. The molecule has 0 unspecified atom stereocenters. The average molecular weight is 334 g/mol. The quantitative estimate of drug-likeness (QED) is 0.878. The van der Waals surface area contributed by atoms with E-state index in [1.165, 1.54) is 18.4 Å². The lowest BCUT2D eigenvalue weighted by atomic mass is 9.72. The highest BCUT2D eigenvalue weighted by Crippen LogP contribution is 2.42. The van der Waals surface area contributed by atoms with Gasteiger partial charge in [-0.3, -0.25) is 5.32 Å². The largest absolute Gasteiger partial charge is 0.497 e. The van der Waals surface area contributed by atoms with E-state index in [0.29, 0.717) is 10.3 Å². The molecule has 23 heavy (non-hydrogen) atoms. The Bertz CT molecular complexity index is 700. The van der Waals surface area contributed by atoms with Crippen molar-refractivity contribution in [2.24, 2.45) is 0 Å². The first-order valence-corrected chi connectivity index (χ1v) is 8.08. The van der Waals surface area contributed by atoms with Gasteiger partial charge in [-0.2, -0.15) is 0 Å². The summed E-state index contributed by atoms with van der Waals surface area (Å²) in [5, 5.41) is 14.2. The number of amides is 2. The number of anilines is 1. The molecule has 1 heterocycles. The number of nitrogens with zero attached hydrogens (tertiary/aromatic N) is 2. The summed E-state index contributed by atoms with van der Waals surface area (Å²) in [4.78, 5) is 12.3. The summed E-state index contributed by atoms with van der Waals surface area (Å²) in [7, 11) is 3.14. The summed E-state index contributed by atoms with van der Waals surface area (Å²) in [5.74, 6) is 0.782. The van der Waals surface area contributed by atoms with E-state index in [9.17, 15) is 4.79 Å². The van der Waals surface area contributed by atoms with Crippen LogP contribution in [-0.2, 0) is 5.54 Å². The molecule has 2 aromatic rings. The number of benzene rings is 1. The molecule has 0 aliphatic heterocycles. The van der Waals surface area contributed by atoms with Crippen LogP contribution >= 0.6 is 11.3 Å². The molecule has 0 spiro atoms. The summed E-state index contributed by atoms with van der Waals surface area (Å²) in [6, 6.07) is 7.50. The Morgan fingerprint density at radius 3 is 2.70 bits per heavy atom. The molecule has 2 N–H and O–H groups in total. The number of ether oxygens (including phenoxy) is 2. The molecule has 0 saturated heterocycles. The maximum Gasteiger partial charge on any atom is 0.321 e. The smallest absolute Gasteiger partial charge is 0.321 e. The van der Waals surface area contributed by atoms with E-state index in [1.54, 1.807) is 7.11 Å². The zero-order chi connectivity index (χ0) is 16.3. The van der Waals surface area contributed by atoms with Crippen molar-refractivity contribution in [2.45, 2.75) is 24.8 Å². The fourth-order valence-electron chi connectivity index (χ4n) is 2.63. The summed E-state index contributed by atoms with van der Waals surface area (Å²) >= 11 is 1.18. The van der Waals surface area contributed by atoms with Crippen molar-refractivity contribution < 1.29 is 14.3 Å². The molecule has 1 aromatic carbocycles. The molecule has 3 rings (SSSR count). The SMILES string of the molecule is COc1cccc(C2(NC(=O)Nc3nnc(OC)s3)CCC2)c1. The zero-order valence-electron chi connectivity index (χ0n) is 13.0. The predicted molar refractivity (Wildman–Crippen MR) is 87.1 cm³/mol. The van der Waals surface area contributed by atoms with Gasteiger partial charge in [-0.15, -0.1) is 5.10 Å². The van der Waals surface area contributed by atoms with Gasteiger partial charge in [0.15, 0.2) is 0 Å². The number of aromatic nitrogens is 2. The number of methoxy groups -OCH3 is 2. The first-order chi connectivity index (χ1) is 11.1. The molecule has 7 nitrogen and oxygen atoms in total. The third-order valence-electron chi connectivity index (χ3n) is 3.98. The third-order valence-corrected chi connectivity index (χ3v) is 4.78. The van der Waals surface area contributed by atoms with Gasteiger partial charge in [0.25, 0.3) is 5.19 Å². The zero-order valence-corrected chi connectivity index (χ0v) is 13.8. The molecule has 122 valence electrons. The molecule has 0 bridgehead atoms. The molecule has 1 aromatic heterocycles. The van der Waals surface area contributed by atoms with E-state index >= 15 is 0 Å². The van der Waals surface area contributed by atoms with E-state index in [4.69, 9.17) is 9.47 Å². The van der Waals surface area contributed by atoms with Crippen molar-refractivity contribution >= 4 is 22.5 Å². The van der Waals surface area contributed by atoms with Crippen molar-refractivity contribution in [3.05, 3.63) is 29.8 Å². The first kappa shape index (κ1) is 15.5. The van der Waals surface area contributed by atoms with Gasteiger partial charge in [0.1, 0.15) is 5.75 Å². The van der Waals surface area contributed by atoms with Crippen LogP contribution in [0.25, 0.3) is 0 Å². The molecule has 1 fully saturated rings. The molecule has 1 aliphatic carbocycles. The highest BCUT2D eigenvalue weighted by molar-refractivity contribution is 7.17. The molecule has 2 amide bonds. The molecule has 8 heteroatoms. The van der Waals surface area contributed by atoms with Gasteiger partial charge >= 0.3 is 6.03 Å². The van der Waals surface area contributed by atoms with Crippen LogP contribution in [0.15, 0.2) is 24.3 Å². The highest BCUT2D eigenvalue weighted by atomic mass is 32.1. The minimum Gasteiger partial charge on any atom is -0.497 e. The number of carbonyl (C=O) groups is 1. The van der Waals surface area contributed by atoms with Crippen molar-refractivity contribution in [1.29, 1.82) is 0 Å². The summed E-state index contributed by atoms with van der Waals surface area (Å²) < 4.78 is 10.2. The lowest BCUT2D eigenvalue weighted by Gasteiger charge is -2.43. The lowest BCUT2D eigenvalue weighted by molar-refractivity contribution is 0.184. The van der Waals surface area contributed by atoms with Crippen LogP contribution in [-0.4, -0.2) is 30.4 Å². The second-order valence-corrected chi connectivity index (χ2v) is 6.26. The first-order valence-electron chi connectivity index (χ1n) is 7.26. The maximum absolute atomic E-state index is 12.3. The van der Waals surface area contributed by atoms with E-state index < -0.39 is 0 Å². The maximum atomic E-state index is 12.3. The van der Waals surface area contributed by atoms with Crippen LogP contribution in [0, 0.1) is 0 Å². The van der Waals surface area contributed by atoms with Gasteiger partial charge in [-0.1, -0.05) is 17.2 Å². The number of hydrogen-bond donors (Lipinski definition) is 2. The van der Waals surface area contributed by atoms with Crippen molar-refractivity contribution in [1.82, 2.24) is 15.5 Å². The predicted octanol–water partition coefficient (Wildman–Crippen LogP) is 2.76. The Labute approximate surface area is 138 Å². The van der Waals surface area contributed by atoms with Crippen LogP contribution in [0.5, 0.6) is 10.9 Å². The molecular weight excluding hydrogens is 316 g/mol. The Kier molecular flexibility index (Phi) is 4.33. The van der Waals surface area contributed by atoms with Crippen LogP contribution in [0.4, 0.5) is 9.93 Å². The van der Waals surface area contributed by atoms with E-state index in [2.05, 4.69) is 20.8 Å². The van der Waals surface area contributed by atoms with Gasteiger partial charge in [-0.05, 0) is 48.3 Å². The lowest BCUT2D eigenvalue weighted by Crippen LogP contribution is -2.52. The number of rotatable bonds is 5. The summed E-state index contributed by atoms with van der Waals surface area (Å²) in [6.45, 7) is 0. The molecule has 1 saturated carbocycles. The molecule has 0 atom stereocenters. The highest BCUT2D eigenvalue weighted by Gasteiger charge is 2.40. The van der Waals surface area contributed by atoms with E-state index in [1.807, 2.05) is 24.3 Å². The third kappa shape index (κ3) is 3.21. The Morgan fingerprint density at radius 1 is 1.26 bits per heavy atom. The molecular formula is C15H18N4O3S. The number of urea groups is 1. The monoisotopic (exact) mass is 334 g/mol. The Balaban J connectivity index is 1.71. The number of carbonyl (C=O) groups excluding carboxylic acids is 1. The van der Waals surface area contributed by atoms with Gasteiger partial charge in [0, 0.05) is 0 Å². The van der Waals surface area contributed by atoms with Crippen LogP contribution in [0.3, 0.4) is 0 Å². The van der Waals surface area contributed by atoms with E-state index in [0.717, 1.165) is 30.6 Å². The van der Waals surface area contributed by atoms with Crippen LogP contribution in [0.2, 0.25) is 0 Å². The average Bonchev–Trinajstić information content (AvgIpc) is 2.98. The minimum absolute atomic E-state index is 0.300. The Morgan fingerprint density at radius 2 is 2.09 bits per heavy atom. The number of nitrogens with one attached hydrogen (secondary N) is 2. The van der Waals surface area contributed by atoms with Crippen LogP contribution < -0.4 is 20.1 Å². The number of hydrogen-bond acceptors (Lipinski definition) is 6. The minimum atomic E-state index is -0.354. The second-order valence-electron chi connectivity index (χ2n) is 5.32. The second kappa shape index (κ2) is 6.41. The standard InChI is InChI=1S/C15H18N4O3S/c1-21-11-6-3-5-10(9-11)15(7-4-8-15)17-12(20)16-13-18-19-14(22-2)23-13/h3,5-6,9H,4,7-8H2,1-2H3,(H2,16,17,18,20). The Hall–Kier alpha value is -2.35. The van der Waals surface area contributed by atoms with Crippen molar-refractivity contribution in [3.63, 3.8) is 0 Å². The van der Waals surface area contributed by atoms with Crippen molar-refractivity contribution in [2.75, 3.05) is 19.5 Å². The fourth-order valence-corrected chi connectivity index (χ4v) is 3.18. The van der Waals surface area contributed by atoms with Gasteiger partial charge in [-0.25, -0.2) is 4.79 Å². The topological polar surface area (TPSA) is 85.4 Å².